The highest BCUT2D eigenvalue weighted by Crippen LogP contribution is 2.41. The van der Waals surface area contributed by atoms with Gasteiger partial charge in [-0.25, -0.2) is 8.78 Å². The average Bonchev–Trinajstić information content (AvgIpc) is 3.28. The van der Waals surface area contributed by atoms with Crippen molar-refractivity contribution in [1.82, 2.24) is 9.78 Å². The first-order chi connectivity index (χ1) is 18.8. The van der Waals surface area contributed by atoms with Crippen LogP contribution in [0.3, 0.4) is 0 Å². The summed E-state index contributed by atoms with van der Waals surface area (Å²) in [5.74, 6) is -1.74. The predicted octanol–water partition coefficient (Wildman–Crippen LogP) is 6.97. The fourth-order valence-electron chi connectivity index (χ4n) is 4.20. The monoisotopic (exact) mass is 523 g/mol. The van der Waals surface area contributed by atoms with Crippen LogP contribution in [0.4, 0.5) is 14.5 Å². The van der Waals surface area contributed by atoms with Crippen molar-refractivity contribution in [3.8, 4) is 34.0 Å². The third kappa shape index (κ3) is 5.60. The number of esters is 1. The zero-order chi connectivity index (χ0) is 27.5. The van der Waals surface area contributed by atoms with Gasteiger partial charge in [-0.05, 0) is 73.2 Å². The molecule has 0 spiro atoms. The van der Waals surface area contributed by atoms with Gasteiger partial charge in [0.25, 0.3) is 5.91 Å². The smallest absolute Gasteiger partial charge is 0.309 e. The van der Waals surface area contributed by atoms with Crippen molar-refractivity contribution >= 4 is 17.6 Å². The summed E-state index contributed by atoms with van der Waals surface area (Å²) >= 11 is 0. The van der Waals surface area contributed by atoms with Crippen molar-refractivity contribution in [1.29, 1.82) is 0 Å². The molecule has 0 bridgehead atoms. The van der Waals surface area contributed by atoms with E-state index in [1.54, 1.807) is 36.4 Å². The van der Waals surface area contributed by atoms with E-state index < -0.39 is 23.5 Å². The summed E-state index contributed by atoms with van der Waals surface area (Å²) in [5, 5.41) is 7.54. The molecule has 0 saturated carbocycles. The molecule has 194 valence electrons. The van der Waals surface area contributed by atoms with Gasteiger partial charge < -0.3 is 10.1 Å². The second-order valence-electron chi connectivity index (χ2n) is 8.92. The molecule has 0 fully saturated rings. The van der Waals surface area contributed by atoms with E-state index in [1.807, 2.05) is 31.2 Å². The Morgan fingerprint density at radius 3 is 2.21 bits per heavy atom. The first-order valence-corrected chi connectivity index (χ1v) is 12.1. The van der Waals surface area contributed by atoms with Crippen molar-refractivity contribution in [2.75, 3.05) is 5.32 Å². The first-order valence-electron chi connectivity index (χ1n) is 12.1. The van der Waals surface area contributed by atoms with Gasteiger partial charge >= 0.3 is 5.97 Å². The second-order valence-corrected chi connectivity index (χ2v) is 8.92. The number of ether oxygens (including phenoxy) is 1. The van der Waals surface area contributed by atoms with E-state index in [-0.39, 0.29) is 11.4 Å². The van der Waals surface area contributed by atoms with Crippen LogP contribution in [0.25, 0.3) is 28.1 Å². The van der Waals surface area contributed by atoms with Crippen molar-refractivity contribution in [3.05, 3.63) is 120 Å². The molecule has 0 aliphatic rings. The molecule has 4 aromatic carbocycles. The number of halogens is 2. The van der Waals surface area contributed by atoms with Crippen LogP contribution in [0.1, 0.15) is 22.8 Å². The first kappa shape index (κ1) is 25.5. The van der Waals surface area contributed by atoms with Gasteiger partial charge in [-0.3, -0.25) is 9.59 Å². The number of nitrogens with one attached hydrogen (secondary N) is 1. The van der Waals surface area contributed by atoms with Gasteiger partial charge in [0.2, 0.25) is 5.88 Å². The minimum atomic E-state index is -0.547. The summed E-state index contributed by atoms with van der Waals surface area (Å²) in [6, 6.07) is 25.8. The van der Waals surface area contributed by atoms with Gasteiger partial charge in [-0.15, -0.1) is 0 Å². The van der Waals surface area contributed by atoms with Crippen molar-refractivity contribution in [2.45, 2.75) is 13.8 Å². The quantitative estimate of drug-likeness (QED) is 0.244. The van der Waals surface area contributed by atoms with E-state index in [9.17, 15) is 18.4 Å². The van der Waals surface area contributed by atoms with Gasteiger partial charge in [0.15, 0.2) is 0 Å². The standard InChI is InChI=1S/C31H23F2N3O3/c1-19-5-3-6-22(17-19)29-28(31(39-20(2)37)36(35-29)27-15-11-24(32)12-16-27)21-9-13-26(14-10-21)34-30(38)23-7-4-8-25(33)18-23/h3-18H,1-2H3,(H,34,38). The molecule has 1 amide bonds. The zero-order valence-corrected chi connectivity index (χ0v) is 21.1. The lowest BCUT2D eigenvalue weighted by Crippen LogP contribution is -2.11. The molecule has 39 heavy (non-hydrogen) atoms. The molecule has 0 unspecified atom stereocenters. The molecular weight excluding hydrogens is 500 g/mol. The minimum Gasteiger partial charge on any atom is -0.407 e. The Morgan fingerprint density at radius 1 is 0.821 bits per heavy atom. The van der Waals surface area contributed by atoms with E-state index in [0.29, 0.717) is 28.2 Å². The van der Waals surface area contributed by atoms with E-state index in [1.165, 1.54) is 41.9 Å². The van der Waals surface area contributed by atoms with Crippen molar-refractivity contribution < 1.29 is 23.1 Å². The van der Waals surface area contributed by atoms with Crippen LogP contribution in [0.15, 0.2) is 97.1 Å². The van der Waals surface area contributed by atoms with Gasteiger partial charge in [0.1, 0.15) is 17.3 Å². The SMILES string of the molecule is CC(=O)Oc1c(-c2ccc(NC(=O)c3cccc(F)c3)cc2)c(-c2cccc(C)c2)nn1-c1ccc(F)cc1. The Hall–Kier alpha value is -5.11. The Kier molecular flexibility index (Phi) is 7.01. The van der Waals surface area contributed by atoms with E-state index in [0.717, 1.165) is 17.2 Å². The number of benzene rings is 4. The molecule has 0 radical (unpaired) electrons. The number of hydrogen-bond acceptors (Lipinski definition) is 4. The van der Waals surface area contributed by atoms with Crippen LogP contribution in [0.2, 0.25) is 0 Å². The molecule has 8 heteroatoms. The molecule has 1 N–H and O–H groups in total. The summed E-state index contributed by atoms with van der Waals surface area (Å²) in [5.41, 5.74) is 4.76. The van der Waals surface area contributed by atoms with Gasteiger partial charge in [-0.1, -0.05) is 42.0 Å². The number of anilines is 1. The lowest BCUT2D eigenvalue weighted by molar-refractivity contribution is -0.132. The number of aryl methyl sites for hydroxylation is 1. The van der Waals surface area contributed by atoms with Crippen LogP contribution in [-0.2, 0) is 4.79 Å². The zero-order valence-electron chi connectivity index (χ0n) is 21.1. The summed E-state index contributed by atoms with van der Waals surface area (Å²) in [6.45, 7) is 3.26. The largest absolute Gasteiger partial charge is 0.407 e. The summed E-state index contributed by atoms with van der Waals surface area (Å²) in [4.78, 5) is 24.7. The lowest BCUT2D eigenvalue weighted by atomic mass is 10.00. The molecule has 1 heterocycles. The second kappa shape index (κ2) is 10.7. The maximum atomic E-state index is 13.7. The maximum Gasteiger partial charge on any atom is 0.309 e. The number of amides is 1. The van der Waals surface area contributed by atoms with Crippen LogP contribution in [-0.4, -0.2) is 21.7 Å². The van der Waals surface area contributed by atoms with Crippen molar-refractivity contribution in [3.63, 3.8) is 0 Å². The summed E-state index contributed by atoms with van der Waals surface area (Å²) in [7, 11) is 0. The van der Waals surface area contributed by atoms with Gasteiger partial charge in [0.05, 0.1) is 11.3 Å². The minimum absolute atomic E-state index is 0.169. The van der Waals surface area contributed by atoms with Crippen LogP contribution in [0.5, 0.6) is 5.88 Å². The molecule has 6 nitrogen and oxygen atoms in total. The Balaban J connectivity index is 1.61. The molecule has 0 aliphatic heterocycles. The van der Waals surface area contributed by atoms with Gasteiger partial charge in [-0.2, -0.15) is 9.78 Å². The predicted molar refractivity (Wildman–Crippen MR) is 145 cm³/mol. The Bertz CT molecular complexity index is 1680. The molecule has 5 aromatic rings. The highest BCUT2D eigenvalue weighted by molar-refractivity contribution is 6.04. The summed E-state index contributed by atoms with van der Waals surface area (Å²) < 4.78 is 34.3. The van der Waals surface area contributed by atoms with Crippen LogP contribution >= 0.6 is 0 Å². The van der Waals surface area contributed by atoms with Crippen molar-refractivity contribution in [2.24, 2.45) is 0 Å². The molecule has 5 rings (SSSR count). The number of nitrogens with zero attached hydrogens (tertiary/aromatic N) is 2. The van der Waals surface area contributed by atoms with Crippen LogP contribution < -0.4 is 10.1 Å². The molecular formula is C31H23F2N3O3. The Labute approximate surface area is 223 Å². The number of aromatic nitrogens is 2. The molecule has 1 aromatic heterocycles. The third-order valence-corrected chi connectivity index (χ3v) is 5.96. The van der Waals surface area contributed by atoms with E-state index >= 15 is 0 Å². The fraction of sp³-hybridized carbons (Fsp3) is 0.0645. The molecule has 0 atom stereocenters. The average molecular weight is 524 g/mol. The Morgan fingerprint density at radius 2 is 1.54 bits per heavy atom. The fourth-order valence-corrected chi connectivity index (χ4v) is 4.20. The highest BCUT2D eigenvalue weighted by atomic mass is 19.1. The number of rotatable bonds is 6. The van der Waals surface area contributed by atoms with E-state index in [2.05, 4.69) is 5.32 Å². The summed E-state index contributed by atoms with van der Waals surface area (Å²) in [6.07, 6.45) is 0. The number of carbonyl (C=O) groups is 2. The topological polar surface area (TPSA) is 73.2 Å². The maximum absolute atomic E-state index is 13.7. The normalized spacial score (nSPS) is 10.8. The van der Waals surface area contributed by atoms with E-state index in [4.69, 9.17) is 9.84 Å². The van der Waals surface area contributed by atoms with Gasteiger partial charge in [0, 0.05) is 23.7 Å². The van der Waals surface area contributed by atoms with Crippen LogP contribution in [0, 0.1) is 18.6 Å². The molecule has 0 aliphatic carbocycles. The third-order valence-electron chi connectivity index (χ3n) is 5.96. The highest BCUT2D eigenvalue weighted by Gasteiger charge is 2.25. The number of carbonyl (C=O) groups excluding carboxylic acids is 2. The molecule has 0 saturated heterocycles. The number of hydrogen-bond donors (Lipinski definition) is 1. The lowest BCUT2D eigenvalue weighted by Gasteiger charge is -2.11.